The molecule has 0 aliphatic carbocycles. The third-order valence-corrected chi connectivity index (χ3v) is 4.69. The number of nitriles is 1. The van der Waals surface area contributed by atoms with E-state index in [2.05, 4.69) is 11.1 Å². The van der Waals surface area contributed by atoms with Gasteiger partial charge in [-0.1, -0.05) is 24.3 Å². The van der Waals surface area contributed by atoms with E-state index in [1.165, 1.54) is 4.90 Å². The Labute approximate surface area is 151 Å². The Kier molecular flexibility index (Phi) is 4.92. The zero-order chi connectivity index (χ0) is 17.8. The summed E-state index contributed by atoms with van der Waals surface area (Å²) in [6, 6.07) is 19.7. The second kappa shape index (κ2) is 7.29. The Hall–Kier alpha value is -2.97. The lowest BCUT2D eigenvalue weighted by molar-refractivity contribution is 0.415. The highest BCUT2D eigenvalue weighted by molar-refractivity contribution is 7.98. The van der Waals surface area contributed by atoms with Crippen molar-refractivity contribution in [3.63, 3.8) is 0 Å². The number of benzene rings is 2. The van der Waals surface area contributed by atoms with Gasteiger partial charge in [0.2, 0.25) is 0 Å². The molecular weight excluding hydrogens is 330 g/mol. The number of anilines is 1. The molecule has 124 valence electrons. The number of pyridine rings is 1. The van der Waals surface area contributed by atoms with Crippen LogP contribution in [0.15, 0.2) is 59.5 Å². The zero-order valence-corrected chi connectivity index (χ0v) is 14.8. The first-order valence-electron chi connectivity index (χ1n) is 7.65. The zero-order valence-electron chi connectivity index (χ0n) is 14.0. The summed E-state index contributed by atoms with van der Waals surface area (Å²) in [7, 11) is 1.62. The third kappa shape index (κ3) is 3.44. The highest BCUT2D eigenvalue weighted by Crippen LogP contribution is 2.32. The van der Waals surface area contributed by atoms with Gasteiger partial charge in [0.15, 0.2) is 0 Å². The molecule has 0 amide bonds. The number of methoxy groups -OCH3 is 1. The number of nitrogens with two attached hydrogens (primary N) is 1. The molecule has 25 heavy (non-hydrogen) atoms. The molecule has 4 nitrogen and oxygen atoms in total. The highest BCUT2D eigenvalue weighted by atomic mass is 32.2. The van der Waals surface area contributed by atoms with E-state index in [0.717, 1.165) is 28.1 Å². The van der Waals surface area contributed by atoms with Crippen molar-refractivity contribution < 1.29 is 4.74 Å². The summed E-state index contributed by atoms with van der Waals surface area (Å²) < 4.78 is 5.20. The van der Waals surface area contributed by atoms with Gasteiger partial charge in [-0.05, 0) is 42.2 Å². The van der Waals surface area contributed by atoms with Gasteiger partial charge in [0, 0.05) is 16.0 Å². The Balaban J connectivity index is 2.12. The predicted molar refractivity (Wildman–Crippen MR) is 103 cm³/mol. The van der Waals surface area contributed by atoms with Crippen molar-refractivity contribution in [3.8, 4) is 34.2 Å². The van der Waals surface area contributed by atoms with Crippen LogP contribution < -0.4 is 10.5 Å². The fraction of sp³-hybridized carbons (Fsp3) is 0.100. The third-order valence-electron chi connectivity index (χ3n) is 3.95. The summed E-state index contributed by atoms with van der Waals surface area (Å²) in [5.74, 6) is 0.997. The van der Waals surface area contributed by atoms with Crippen LogP contribution >= 0.6 is 11.8 Å². The molecule has 2 N–H and O–H groups in total. The molecule has 1 aromatic heterocycles. The summed E-state index contributed by atoms with van der Waals surface area (Å²) in [5, 5.41) is 9.49. The molecule has 0 radical (unpaired) electrons. The monoisotopic (exact) mass is 347 g/mol. The molecule has 0 atom stereocenters. The minimum atomic E-state index is 0.236. The molecule has 2 aromatic carbocycles. The first kappa shape index (κ1) is 16.9. The van der Waals surface area contributed by atoms with Crippen LogP contribution in [0.4, 0.5) is 5.82 Å². The lowest BCUT2D eigenvalue weighted by atomic mass is 9.98. The maximum absolute atomic E-state index is 9.49. The molecule has 0 saturated carbocycles. The molecule has 0 spiro atoms. The van der Waals surface area contributed by atoms with Crippen LogP contribution in [-0.2, 0) is 0 Å². The fourth-order valence-electron chi connectivity index (χ4n) is 2.59. The molecule has 0 fully saturated rings. The number of hydrogen-bond donors (Lipinski definition) is 1. The summed E-state index contributed by atoms with van der Waals surface area (Å²) in [6.45, 7) is 0. The SMILES string of the molecule is COc1ccc(-c2cc(-c3ccc(SC)cc3)nc(N)c2C#N)cc1. The first-order chi connectivity index (χ1) is 12.2. The number of rotatable bonds is 4. The molecule has 5 heteroatoms. The molecule has 1 heterocycles. The van der Waals surface area contributed by atoms with E-state index < -0.39 is 0 Å². The van der Waals surface area contributed by atoms with Crippen LogP contribution in [0.1, 0.15) is 5.56 Å². The van der Waals surface area contributed by atoms with Crippen molar-refractivity contribution in [2.24, 2.45) is 0 Å². The van der Waals surface area contributed by atoms with Gasteiger partial charge in [-0.25, -0.2) is 4.98 Å². The van der Waals surface area contributed by atoms with Gasteiger partial charge >= 0.3 is 0 Å². The normalized spacial score (nSPS) is 10.3. The second-order valence-electron chi connectivity index (χ2n) is 5.38. The predicted octanol–water partition coefficient (Wildman–Crippen LogP) is 4.60. The molecule has 3 aromatic rings. The Morgan fingerprint density at radius 2 is 1.68 bits per heavy atom. The smallest absolute Gasteiger partial charge is 0.142 e. The quantitative estimate of drug-likeness (QED) is 0.698. The molecule has 0 aliphatic heterocycles. The van der Waals surface area contributed by atoms with E-state index in [4.69, 9.17) is 10.5 Å². The van der Waals surface area contributed by atoms with Gasteiger partial charge in [0.05, 0.1) is 12.8 Å². The first-order valence-corrected chi connectivity index (χ1v) is 8.88. The number of thioether (sulfide) groups is 1. The van der Waals surface area contributed by atoms with Gasteiger partial charge in [0.25, 0.3) is 0 Å². The molecule has 0 aliphatic rings. The van der Waals surface area contributed by atoms with Crippen LogP contribution in [0.5, 0.6) is 5.75 Å². The van der Waals surface area contributed by atoms with Gasteiger partial charge in [-0.15, -0.1) is 11.8 Å². The number of ether oxygens (including phenoxy) is 1. The van der Waals surface area contributed by atoms with Gasteiger partial charge in [0.1, 0.15) is 23.2 Å². The number of hydrogen-bond acceptors (Lipinski definition) is 5. The van der Waals surface area contributed by atoms with Crippen LogP contribution in [0, 0.1) is 11.3 Å². The maximum Gasteiger partial charge on any atom is 0.142 e. The minimum Gasteiger partial charge on any atom is -0.497 e. The van der Waals surface area contributed by atoms with E-state index >= 15 is 0 Å². The number of nitrogen functional groups attached to an aromatic ring is 1. The molecule has 0 unspecified atom stereocenters. The van der Waals surface area contributed by atoms with Crippen LogP contribution in [0.2, 0.25) is 0 Å². The summed E-state index contributed by atoms with van der Waals surface area (Å²) in [5.41, 5.74) is 9.81. The second-order valence-corrected chi connectivity index (χ2v) is 6.26. The maximum atomic E-state index is 9.49. The van der Waals surface area contributed by atoms with E-state index in [0.29, 0.717) is 5.56 Å². The average Bonchev–Trinajstić information content (AvgIpc) is 2.67. The van der Waals surface area contributed by atoms with E-state index in [9.17, 15) is 5.26 Å². The lowest BCUT2D eigenvalue weighted by Gasteiger charge is -2.11. The van der Waals surface area contributed by atoms with E-state index in [1.807, 2.05) is 60.9 Å². The summed E-state index contributed by atoms with van der Waals surface area (Å²) >= 11 is 1.69. The standard InChI is InChI=1S/C20H17N3OS/c1-24-15-7-3-13(4-8-15)17-11-19(23-20(22)18(17)12-21)14-5-9-16(25-2)10-6-14/h3-11H,1-2H3,(H2,22,23). The highest BCUT2D eigenvalue weighted by Gasteiger charge is 2.13. The Morgan fingerprint density at radius 1 is 1.04 bits per heavy atom. The van der Waals surface area contributed by atoms with Crippen molar-refractivity contribution in [1.29, 1.82) is 5.26 Å². The lowest BCUT2D eigenvalue weighted by Crippen LogP contribution is -1.99. The van der Waals surface area contributed by atoms with Crippen molar-refractivity contribution in [2.45, 2.75) is 4.90 Å². The van der Waals surface area contributed by atoms with Crippen LogP contribution in [0.25, 0.3) is 22.4 Å². The molecule has 0 saturated heterocycles. The van der Waals surface area contributed by atoms with Crippen LogP contribution in [-0.4, -0.2) is 18.3 Å². The van der Waals surface area contributed by atoms with E-state index in [-0.39, 0.29) is 5.82 Å². The van der Waals surface area contributed by atoms with Gasteiger partial charge < -0.3 is 10.5 Å². The van der Waals surface area contributed by atoms with Gasteiger partial charge in [-0.3, -0.25) is 0 Å². The minimum absolute atomic E-state index is 0.236. The van der Waals surface area contributed by atoms with Crippen LogP contribution in [0.3, 0.4) is 0 Å². The average molecular weight is 347 g/mol. The number of aromatic nitrogens is 1. The summed E-state index contributed by atoms with van der Waals surface area (Å²) in [6.07, 6.45) is 2.04. The van der Waals surface area contributed by atoms with Crippen molar-refractivity contribution in [1.82, 2.24) is 4.98 Å². The van der Waals surface area contributed by atoms with Gasteiger partial charge in [-0.2, -0.15) is 5.26 Å². The Bertz CT molecular complexity index is 929. The number of nitrogens with zero attached hydrogens (tertiary/aromatic N) is 2. The van der Waals surface area contributed by atoms with E-state index in [1.54, 1.807) is 18.9 Å². The molecular formula is C20H17N3OS. The topological polar surface area (TPSA) is 71.9 Å². The fourth-order valence-corrected chi connectivity index (χ4v) is 3.00. The van der Waals surface area contributed by atoms with Crippen molar-refractivity contribution in [3.05, 3.63) is 60.2 Å². The van der Waals surface area contributed by atoms with Crippen molar-refractivity contribution >= 4 is 17.6 Å². The molecule has 0 bridgehead atoms. The largest absolute Gasteiger partial charge is 0.497 e. The van der Waals surface area contributed by atoms with Crippen molar-refractivity contribution in [2.75, 3.05) is 19.1 Å². The molecule has 3 rings (SSSR count). The summed E-state index contributed by atoms with van der Waals surface area (Å²) in [4.78, 5) is 5.59. The Morgan fingerprint density at radius 3 is 2.24 bits per heavy atom.